The Bertz CT molecular complexity index is 431. The van der Waals surface area contributed by atoms with Crippen LogP contribution in [0.5, 0.6) is 5.75 Å². The van der Waals surface area contributed by atoms with E-state index in [9.17, 15) is 4.79 Å². The highest BCUT2D eigenvalue weighted by atomic mass is 16.5. The zero-order chi connectivity index (χ0) is 14.4. The van der Waals surface area contributed by atoms with Crippen LogP contribution in [0.2, 0.25) is 0 Å². The van der Waals surface area contributed by atoms with Crippen LogP contribution in [0.3, 0.4) is 0 Å². The van der Waals surface area contributed by atoms with Gasteiger partial charge in [-0.25, -0.2) is 0 Å². The maximum Gasteiger partial charge on any atom is 0.260 e. The number of carbonyl (C=O) groups excluding carboxylic acids is 1. The van der Waals surface area contributed by atoms with Crippen molar-refractivity contribution in [3.8, 4) is 5.75 Å². The van der Waals surface area contributed by atoms with Crippen LogP contribution < -0.4 is 10.5 Å². The second-order valence-corrected chi connectivity index (χ2v) is 5.22. The van der Waals surface area contributed by atoms with Gasteiger partial charge >= 0.3 is 0 Å². The predicted octanol–water partition coefficient (Wildman–Crippen LogP) is 1.27. The fraction of sp³-hybridized carbons (Fsp3) is 0.533. The summed E-state index contributed by atoms with van der Waals surface area (Å²) in [4.78, 5) is 13.9. The number of carbonyl (C=O) groups is 1. The molecule has 0 aromatic heterocycles. The van der Waals surface area contributed by atoms with Gasteiger partial charge in [-0.15, -0.1) is 0 Å². The van der Waals surface area contributed by atoms with E-state index >= 15 is 0 Å². The van der Waals surface area contributed by atoms with Crippen LogP contribution in [0.25, 0.3) is 0 Å². The molecule has 1 aliphatic heterocycles. The number of rotatable bonds is 5. The molecule has 3 N–H and O–H groups in total. The van der Waals surface area contributed by atoms with Crippen molar-refractivity contribution >= 4 is 11.6 Å². The van der Waals surface area contributed by atoms with Gasteiger partial charge in [0.1, 0.15) is 5.75 Å². The molecular weight excluding hydrogens is 256 g/mol. The van der Waals surface area contributed by atoms with Gasteiger partial charge in [0.05, 0.1) is 0 Å². The molecule has 20 heavy (non-hydrogen) atoms. The summed E-state index contributed by atoms with van der Waals surface area (Å²) in [6, 6.07) is 7.01. The molecule has 0 saturated carbocycles. The van der Waals surface area contributed by atoms with Crippen LogP contribution in [0, 0.1) is 5.92 Å². The third kappa shape index (κ3) is 4.13. The maximum atomic E-state index is 12.1. The lowest BCUT2D eigenvalue weighted by atomic mass is 9.95. The first-order valence-corrected chi connectivity index (χ1v) is 7.06. The first-order chi connectivity index (χ1) is 9.69. The number of amides is 1. The van der Waals surface area contributed by atoms with Crippen molar-refractivity contribution in [2.45, 2.75) is 19.3 Å². The van der Waals surface area contributed by atoms with Gasteiger partial charge in [-0.05, 0) is 49.4 Å². The Balaban J connectivity index is 1.80. The van der Waals surface area contributed by atoms with E-state index in [2.05, 4.69) is 0 Å². The smallest absolute Gasteiger partial charge is 0.260 e. The lowest BCUT2D eigenvalue weighted by molar-refractivity contribution is -0.135. The average Bonchev–Trinajstić information content (AvgIpc) is 2.47. The average molecular weight is 278 g/mol. The second-order valence-electron chi connectivity index (χ2n) is 5.22. The van der Waals surface area contributed by atoms with E-state index < -0.39 is 0 Å². The molecule has 1 aromatic carbocycles. The summed E-state index contributed by atoms with van der Waals surface area (Å²) >= 11 is 0. The van der Waals surface area contributed by atoms with E-state index in [0.717, 1.165) is 32.4 Å². The van der Waals surface area contributed by atoms with Crippen molar-refractivity contribution in [1.82, 2.24) is 4.90 Å². The molecule has 0 radical (unpaired) electrons. The minimum absolute atomic E-state index is 0.00413. The van der Waals surface area contributed by atoms with Gasteiger partial charge in [-0.1, -0.05) is 0 Å². The minimum Gasteiger partial charge on any atom is -0.484 e. The zero-order valence-electron chi connectivity index (χ0n) is 11.6. The number of aliphatic hydroxyl groups is 1. The third-order valence-electron chi connectivity index (χ3n) is 3.65. The highest BCUT2D eigenvalue weighted by Gasteiger charge is 2.23. The SMILES string of the molecule is Nc1ccc(OCC(=O)N2CCCC(CCO)C2)cc1. The van der Waals surface area contributed by atoms with Crippen LogP contribution in [0.1, 0.15) is 19.3 Å². The summed E-state index contributed by atoms with van der Waals surface area (Å²) in [6.45, 7) is 1.75. The fourth-order valence-electron chi connectivity index (χ4n) is 2.51. The number of anilines is 1. The standard InChI is InChI=1S/C15H22N2O3/c16-13-3-5-14(6-4-13)20-11-15(19)17-8-1-2-12(10-17)7-9-18/h3-6,12,18H,1-2,7-11,16H2. The van der Waals surface area contributed by atoms with Gasteiger partial charge < -0.3 is 20.5 Å². The highest BCUT2D eigenvalue weighted by molar-refractivity contribution is 5.77. The number of nitrogens with zero attached hydrogens (tertiary/aromatic N) is 1. The summed E-state index contributed by atoms with van der Waals surface area (Å²) in [5.41, 5.74) is 6.26. The molecule has 2 rings (SSSR count). The number of likely N-dealkylation sites (tertiary alicyclic amines) is 1. The van der Waals surface area contributed by atoms with Crippen molar-refractivity contribution in [2.75, 3.05) is 32.0 Å². The summed E-state index contributed by atoms with van der Waals surface area (Å²) in [6.07, 6.45) is 2.85. The molecule has 0 bridgehead atoms. The number of aliphatic hydroxyl groups excluding tert-OH is 1. The topological polar surface area (TPSA) is 75.8 Å². The molecule has 1 saturated heterocycles. The molecular formula is C15H22N2O3. The van der Waals surface area contributed by atoms with Crippen molar-refractivity contribution in [3.63, 3.8) is 0 Å². The first kappa shape index (κ1) is 14.7. The minimum atomic E-state index is 0.00413. The van der Waals surface area contributed by atoms with Gasteiger partial charge in [0.15, 0.2) is 6.61 Å². The van der Waals surface area contributed by atoms with E-state index in [1.165, 1.54) is 0 Å². The van der Waals surface area contributed by atoms with Crippen LogP contribution in [-0.4, -0.2) is 42.2 Å². The van der Waals surface area contributed by atoms with E-state index in [-0.39, 0.29) is 19.1 Å². The Kier molecular flexibility index (Phi) is 5.24. The molecule has 1 fully saturated rings. The number of hydrogen-bond acceptors (Lipinski definition) is 4. The van der Waals surface area contributed by atoms with Gasteiger partial charge in [0.25, 0.3) is 5.91 Å². The molecule has 1 atom stereocenters. The molecule has 1 unspecified atom stereocenters. The molecule has 1 heterocycles. The Morgan fingerprint density at radius 1 is 1.40 bits per heavy atom. The Morgan fingerprint density at radius 3 is 2.85 bits per heavy atom. The van der Waals surface area contributed by atoms with Gasteiger partial charge in [-0.3, -0.25) is 4.79 Å². The van der Waals surface area contributed by atoms with Gasteiger partial charge in [-0.2, -0.15) is 0 Å². The largest absolute Gasteiger partial charge is 0.484 e. The molecule has 1 amide bonds. The normalized spacial score (nSPS) is 18.9. The predicted molar refractivity (Wildman–Crippen MR) is 77.4 cm³/mol. The van der Waals surface area contributed by atoms with E-state index in [1.807, 2.05) is 4.90 Å². The van der Waals surface area contributed by atoms with Gasteiger partial charge in [0, 0.05) is 25.4 Å². The first-order valence-electron chi connectivity index (χ1n) is 7.06. The van der Waals surface area contributed by atoms with Crippen LogP contribution in [0.15, 0.2) is 24.3 Å². The maximum absolute atomic E-state index is 12.1. The van der Waals surface area contributed by atoms with Crippen LogP contribution in [0.4, 0.5) is 5.69 Å². The summed E-state index contributed by atoms with van der Waals surface area (Å²) < 4.78 is 5.48. The Hall–Kier alpha value is -1.75. The Labute approximate surface area is 119 Å². The van der Waals surface area contributed by atoms with Crippen molar-refractivity contribution in [3.05, 3.63) is 24.3 Å². The number of hydrogen-bond donors (Lipinski definition) is 2. The Morgan fingerprint density at radius 2 is 2.15 bits per heavy atom. The van der Waals surface area contributed by atoms with E-state index in [1.54, 1.807) is 24.3 Å². The molecule has 0 aliphatic carbocycles. The molecule has 1 aromatic rings. The highest BCUT2D eigenvalue weighted by Crippen LogP contribution is 2.19. The summed E-state index contributed by atoms with van der Waals surface area (Å²) in [7, 11) is 0. The number of ether oxygens (including phenoxy) is 1. The van der Waals surface area contributed by atoms with Crippen molar-refractivity contribution in [1.29, 1.82) is 0 Å². The summed E-state index contributed by atoms with van der Waals surface area (Å²) in [5, 5.41) is 8.98. The number of nitrogens with two attached hydrogens (primary N) is 1. The zero-order valence-corrected chi connectivity index (χ0v) is 11.6. The molecule has 5 heteroatoms. The van der Waals surface area contributed by atoms with E-state index in [4.69, 9.17) is 15.6 Å². The molecule has 110 valence electrons. The van der Waals surface area contributed by atoms with Gasteiger partial charge in [0.2, 0.25) is 0 Å². The molecule has 5 nitrogen and oxygen atoms in total. The van der Waals surface area contributed by atoms with Crippen molar-refractivity contribution < 1.29 is 14.6 Å². The fourth-order valence-corrected chi connectivity index (χ4v) is 2.51. The number of benzene rings is 1. The van der Waals surface area contributed by atoms with Crippen molar-refractivity contribution in [2.24, 2.45) is 5.92 Å². The van der Waals surface area contributed by atoms with Crippen LogP contribution in [-0.2, 0) is 4.79 Å². The lowest BCUT2D eigenvalue weighted by Gasteiger charge is -2.32. The van der Waals surface area contributed by atoms with E-state index in [0.29, 0.717) is 17.4 Å². The number of nitrogen functional groups attached to an aromatic ring is 1. The molecule has 0 spiro atoms. The van der Waals surface area contributed by atoms with Crippen LogP contribution >= 0.6 is 0 Å². The third-order valence-corrected chi connectivity index (χ3v) is 3.65. The number of piperidine rings is 1. The monoisotopic (exact) mass is 278 g/mol. The quantitative estimate of drug-likeness (QED) is 0.795. The summed E-state index contributed by atoms with van der Waals surface area (Å²) in [5.74, 6) is 1.06. The lowest BCUT2D eigenvalue weighted by Crippen LogP contribution is -2.42. The second kappa shape index (κ2) is 7.14. The molecule has 1 aliphatic rings.